The van der Waals surface area contributed by atoms with Gasteiger partial charge in [0.25, 0.3) is 0 Å². The van der Waals surface area contributed by atoms with E-state index in [0.717, 1.165) is 17.7 Å². The van der Waals surface area contributed by atoms with Gasteiger partial charge < -0.3 is 19.9 Å². The Morgan fingerprint density at radius 2 is 1.80 bits per heavy atom. The Morgan fingerprint density at radius 3 is 2.53 bits per heavy atom. The van der Waals surface area contributed by atoms with Gasteiger partial charge in [0.05, 0.1) is 28.2 Å². The monoisotopic (exact) mass is 661 g/mol. The molecule has 2 aromatic carbocycles. The third kappa shape index (κ3) is 8.12. The molecule has 1 spiro atoms. The van der Waals surface area contributed by atoms with Crippen molar-refractivity contribution in [2.75, 3.05) is 39.9 Å². The lowest BCUT2D eigenvalue weighted by Gasteiger charge is -2.38. The number of nitrogens with zero attached hydrogens (tertiary/aromatic N) is 3. The van der Waals surface area contributed by atoms with Gasteiger partial charge in [-0.05, 0) is 62.1 Å². The van der Waals surface area contributed by atoms with Crippen molar-refractivity contribution < 1.29 is 31.4 Å². The number of hydrogen-bond acceptors (Lipinski definition) is 9. The van der Waals surface area contributed by atoms with Crippen molar-refractivity contribution in [1.82, 2.24) is 24.1 Å². The summed E-state index contributed by atoms with van der Waals surface area (Å²) < 4.78 is 68.7. The molecule has 5 rings (SSSR count). The Bertz CT molecular complexity index is 1670. The Hall–Kier alpha value is -2.85. The van der Waals surface area contributed by atoms with E-state index in [1.54, 1.807) is 40.8 Å². The molecule has 0 amide bonds. The maximum absolute atomic E-state index is 13.6. The molecule has 2 atom stereocenters. The second-order valence-corrected chi connectivity index (χ2v) is 16.1. The van der Waals surface area contributed by atoms with Crippen LogP contribution in [0.4, 0.5) is 0 Å². The quantitative estimate of drug-likeness (QED) is 0.251. The molecule has 2 aliphatic rings. The van der Waals surface area contributed by atoms with Crippen molar-refractivity contribution >= 4 is 20.0 Å². The number of rotatable bonds is 13. The lowest BCUT2D eigenvalue weighted by molar-refractivity contribution is -0.0312. The summed E-state index contributed by atoms with van der Waals surface area (Å²) in [6.45, 7) is 6.50. The predicted octanol–water partition coefficient (Wildman–Crippen LogP) is 2.46. The summed E-state index contributed by atoms with van der Waals surface area (Å²) in [5.41, 5.74) is 1.29. The van der Waals surface area contributed by atoms with E-state index in [0.29, 0.717) is 50.6 Å². The van der Waals surface area contributed by atoms with Crippen LogP contribution in [0.15, 0.2) is 70.7 Å². The van der Waals surface area contributed by atoms with Crippen molar-refractivity contribution in [2.24, 2.45) is 5.92 Å². The molecule has 45 heavy (non-hydrogen) atoms. The molecule has 2 aliphatic heterocycles. The standard InChI is InChI=1S/C31H43N5O7S2/c1-23(2)19-35-20-25(17-34-35)24-6-4-9-30(14-24)45(40,41)36-12-10-31(11-13-36)16-26(21-43-31)33-18-27(37)22-42-28-7-5-8-29(15-28)44(38,39)32-3/h4-9,14-15,17,20,23,26-27,32-33,37H,10-13,16,18-19,21-22H2,1-3H3. The Kier molecular flexibility index (Phi) is 10.3. The Morgan fingerprint density at radius 1 is 1.07 bits per heavy atom. The normalized spacial score (nSPS) is 19.7. The summed E-state index contributed by atoms with van der Waals surface area (Å²) in [5, 5.41) is 18.2. The zero-order valence-electron chi connectivity index (χ0n) is 25.9. The number of nitrogens with one attached hydrogen (secondary N) is 2. The van der Waals surface area contributed by atoms with Crippen LogP contribution in [0.25, 0.3) is 11.1 Å². The average molecular weight is 662 g/mol. The maximum atomic E-state index is 13.6. The van der Waals surface area contributed by atoms with E-state index in [1.165, 1.54) is 19.2 Å². The molecule has 2 fully saturated rings. The molecular weight excluding hydrogens is 619 g/mol. The lowest BCUT2D eigenvalue weighted by atomic mass is 9.88. The van der Waals surface area contributed by atoms with E-state index in [1.807, 2.05) is 16.9 Å². The Balaban J connectivity index is 1.10. The van der Waals surface area contributed by atoms with Gasteiger partial charge in [-0.3, -0.25) is 4.68 Å². The highest BCUT2D eigenvalue weighted by Crippen LogP contribution is 2.37. The van der Waals surface area contributed by atoms with Crippen LogP contribution in [-0.4, -0.2) is 93.7 Å². The highest BCUT2D eigenvalue weighted by molar-refractivity contribution is 7.89. The minimum Gasteiger partial charge on any atom is -0.491 e. The van der Waals surface area contributed by atoms with Crippen molar-refractivity contribution in [3.8, 4) is 16.9 Å². The minimum atomic E-state index is -3.68. The first-order valence-corrected chi connectivity index (χ1v) is 18.2. The number of benzene rings is 2. The van der Waals surface area contributed by atoms with Gasteiger partial charge in [-0.2, -0.15) is 9.40 Å². The summed E-state index contributed by atoms with van der Waals surface area (Å²) in [5.74, 6) is 0.802. The van der Waals surface area contributed by atoms with Crippen molar-refractivity contribution in [2.45, 2.75) is 67.2 Å². The smallest absolute Gasteiger partial charge is 0.243 e. The molecule has 3 heterocycles. The number of aromatic nitrogens is 2. The van der Waals surface area contributed by atoms with Crippen molar-refractivity contribution in [1.29, 1.82) is 0 Å². The fraction of sp³-hybridized carbons (Fsp3) is 0.516. The molecule has 14 heteroatoms. The van der Waals surface area contributed by atoms with Gasteiger partial charge in [-0.15, -0.1) is 0 Å². The van der Waals surface area contributed by atoms with E-state index in [4.69, 9.17) is 9.47 Å². The summed E-state index contributed by atoms with van der Waals surface area (Å²) in [6.07, 6.45) is 4.79. The van der Waals surface area contributed by atoms with E-state index in [2.05, 4.69) is 29.0 Å². The van der Waals surface area contributed by atoms with E-state index < -0.39 is 31.8 Å². The average Bonchev–Trinajstić information content (AvgIpc) is 3.66. The first-order valence-electron chi connectivity index (χ1n) is 15.2. The Labute approximate surface area is 265 Å². The molecule has 0 aliphatic carbocycles. The molecule has 246 valence electrons. The topological polar surface area (TPSA) is 152 Å². The summed E-state index contributed by atoms with van der Waals surface area (Å²) in [7, 11) is -5.93. The van der Waals surface area contributed by atoms with Gasteiger partial charge in [0.2, 0.25) is 20.0 Å². The highest BCUT2D eigenvalue weighted by Gasteiger charge is 2.44. The number of hydrogen-bond donors (Lipinski definition) is 3. The summed E-state index contributed by atoms with van der Waals surface area (Å²) in [6, 6.07) is 13.1. The zero-order valence-corrected chi connectivity index (χ0v) is 27.6. The van der Waals surface area contributed by atoms with Gasteiger partial charge in [0.15, 0.2) is 0 Å². The van der Waals surface area contributed by atoms with Crippen LogP contribution in [-0.2, 0) is 31.3 Å². The molecule has 2 unspecified atom stereocenters. The summed E-state index contributed by atoms with van der Waals surface area (Å²) in [4.78, 5) is 0.354. The van der Waals surface area contributed by atoms with Gasteiger partial charge in [-0.25, -0.2) is 21.6 Å². The molecule has 2 saturated heterocycles. The number of ether oxygens (including phenoxy) is 2. The predicted molar refractivity (Wildman–Crippen MR) is 170 cm³/mol. The molecule has 3 aromatic rings. The van der Waals surface area contributed by atoms with Crippen molar-refractivity contribution in [3.63, 3.8) is 0 Å². The van der Waals surface area contributed by atoms with Crippen LogP contribution in [0, 0.1) is 5.92 Å². The second-order valence-electron chi connectivity index (χ2n) is 12.2. The summed E-state index contributed by atoms with van der Waals surface area (Å²) >= 11 is 0. The van der Waals surface area contributed by atoms with Crippen LogP contribution < -0.4 is 14.8 Å². The fourth-order valence-electron chi connectivity index (χ4n) is 5.83. The molecule has 0 radical (unpaired) electrons. The second kappa shape index (κ2) is 13.9. The van der Waals surface area contributed by atoms with Gasteiger partial charge in [0, 0.05) is 50.0 Å². The van der Waals surface area contributed by atoms with Gasteiger partial charge in [-0.1, -0.05) is 32.0 Å². The van der Waals surface area contributed by atoms with E-state index >= 15 is 0 Å². The first-order chi connectivity index (χ1) is 21.4. The largest absolute Gasteiger partial charge is 0.491 e. The van der Waals surface area contributed by atoms with Gasteiger partial charge in [0.1, 0.15) is 18.5 Å². The molecule has 12 nitrogen and oxygen atoms in total. The van der Waals surface area contributed by atoms with Crippen molar-refractivity contribution in [3.05, 3.63) is 60.9 Å². The molecule has 3 N–H and O–H groups in total. The van der Waals surface area contributed by atoms with E-state index in [-0.39, 0.29) is 29.0 Å². The SMILES string of the molecule is CNS(=O)(=O)c1cccc(OCC(O)CNC2COC3(CCN(S(=O)(=O)c4cccc(-c5cnn(CC(C)C)c5)c4)CC3)C2)c1. The van der Waals surface area contributed by atoms with Crippen LogP contribution in [0.2, 0.25) is 0 Å². The maximum Gasteiger partial charge on any atom is 0.243 e. The number of piperidine rings is 1. The number of aliphatic hydroxyl groups is 1. The third-order valence-electron chi connectivity index (χ3n) is 8.30. The first kappa shape index (κ1) is 33.5. The number of aliphatic hydroxyl groups excluding tert-OH is 1. The minimum absolute atomic E-state index is 0.0108. The zero-order chi connectivity index (χ0) is 32.2. The molecule has 0 saturated carbocycles. The van der Waals surface area contributed by atoms with Crippen LogP contribution in [0.3, 0.4) is 0 Å². The highest BCUT2D eigenvalue weighted by atomic mass is 32.2. The third-order valence-corrected chi connectivity index (χ3v) is 11.6. The van der Waals surface area contributed by atoms with Crippen LogP contribution >= 0.6 is 0 Å². The van der Waals surface area contributed by atoms with Crippen LogP contribution in [0.5, 0.6) is 5.75 Å². The lowest BCUT2D eigenvalue weighted by Crippen LogP contribution is -2.47. The molecule has 1 aromatic heterocycles. The van der Waals surface area contributed by atoms with E-state index in [9.17, 15) is 21.9 Å². The van der Waals surface area contributed by atoms with Crippen LogP contribution in [0.1, 0.15) is 33.1 Å². The fourth-order valence-corrected chi connectivity index (χ4v) is 8.09. The molecular formula is C31H43N5O7S2. The van der Waals surface area contributed by atoms with Gasteiger partial charge >= 0.3 is 0 Å². The molecule has 0 bridgehead atoms. The number of sulfonamides is 2.